The Morgan fingerprint density at radius 3 is 2.17 bits per heavy atom. The van der Waals surface area contributed by atoms with Crippen molar-refractivity contribution in [2.45, 2.75) is 39.7 Å². The van der Waals surface area contributed by atoms with E-state index in [4.69, 9.17) is 9.47 Å². The highest BCUT2D eigenvalue weighted by molar-refractivity contribution is 6.13. The summed E-state index contributed by atoms with van der Waals surface area (Å²) in [6.07, 6.45) is 6.74. The highest BCUT2D eigenvalue weighted by atomic mass is 16.6. The molecule has 0 amide bonds. The first-order valence-corrected chi connectivity index (χ1v) is 9.98. The Morgan fingerprint density at radius 2 is 1.67 bits per heavy atom. The van der Waals surface area contributed by atoms with Crippen LogP contribution in [0.3, 0.4) is 0 Å². The number of hydrogen-bond acceptors (Lipinski definition) is 7. The zero-order valence-electron chi connectivity index (χ0n) is 17.7. The summed E-state index contributed by atoms with van der Waals surface area (Å²) in [7, 11) is 0. The van der Waals surface area contributed by atoms with Gasteiger partial charge in [0.05, 0.1) is 13.2 Å². The summed E-state index contributed by atoms with van der Waals surface area (Å²) in [5.74, 6) is -0.820. The third-order valence-corrected chi connectivity index (χ3v) is 4.50. The van der Waals surface area contributed by atoms with Crippen molar-refractivity contribution in [1.82, 2.24) is 10.6 Å². The van der Waals surface area contributed by atoms with E-state index < -0.39 is 11.9 Å². The van der Waals surface area contributed by atoms with E-state index in [1.165, 1.54) is 17.3 Å². The molecule has 0 heterocycles. The number of nitrogens with zero attached hydrogens (tertiary/aromatic N) is 1. The Hall–Kier alpha value is -3.35. The molecule has 0 radical (unpaired) electrons. The SMILES string of the molecule is C=N/C(=C\C=C(/C)NC=C(C(=O)OCC)C(=O)OCC)NC1Cc2ccccc2C1. The summed E-state index contributed by atoms with van der Waals surface area (Å²) in [5.41, 5.74) is 3.20. The molecule has 0 saturated heterocycles. The maximum absolute atomic E-state index is 12.0. The maximum atomic E-state index is 12.0. The van der Waals surface area contributed by atoms with Crippen LogP contribution in [0.5, 0.6) is 0 Å². The van der Waals surface area contributed by atoms with Crippen LogP contribution in [0, 0.1) is 0 Å². The fourth-order valence-corrected chi connectivity index (χ4v) is 3.07. The van der Waals surface area contributed by atoms with Crippen LogP contribution >= 0.6 is 0 Å². The van der Waals surface area contributed by atoms with Crippen molar-refractivity contribution >= 4 is 18.7 Å². The summed E-state index contributed by atoms with van der Waals surface area (Å²) in [6.45, 7) is 9.10. The standard InChI is InChI=1S/C23H29N3O4/c1-5-29-22(27)20(23(28)30-6-2)15-25-16(3)11-12-21(24-4)26-19-13-17-9-7-8-10-18(17)14-19/h7-12,15,19,25-26H,4-6,13-14H2,1-3H3/b16-11+,21-12+. The van der Waals surface area contributed by atoms with Gasteiger partial charge in [-0.15, -0.1) is 0 Å². The second kappa shape index (κ2) is 11.6. The molecule has 0 fully saturated rings. The molecular formula is C23H29N3O4. The number of benzene rings is 1. The molecule has 1 aromatic rings. The van der Waals surface area contributed by atoms with E-state index in [-0.39, 0.29) is 24.8 Å². The summed E-state index contributed by atoms with van der Waals surface area (Å²) < 4.78 is 9.82. The molecule has 1 aliphatic carbocycles. The van der Waals surface area contributed by atoms with Gasteiger partial charge in [0, 0.05) is 17.9 Å². The van der Waals surface area contributed by atoms with Crippen LogP contribution in [-0.4, -0.2) is 37.9 Å². The normalized spacial score (nSPS) is 13.8. The van der Waals surface area contributed by atoms with E-state index >= 15 is 0 Å². The molecular weight excluding hydrogens is 382 g/mol. The van der Waals surface area contributed by atoms with E-state index in [1.54, 1.807) is 32.9 Å². The smallest absolute Gasteiger partial charge is 0.347 e. The van der Waals surface area contributed by atoms with Crippen LogP contribution < -0.4 is 10.6 Å². The molecule has 7 heteroatoms. The second-order valence-electron chi connectivity index (χ2n) is 6.72. The lowest BCUT2D eigenvalue weighted by atomic mass is 10.1. The van der Waals surface area contributed by atoms with Crippen molar-refractivity contribution in [3.8, 4) is 0 Å². The molecule has 160 valence electrons. The molecule has 1 aliphatic rings. The number of aliphatic imine (C=N–C) groups is 1. The van der Waals surface area contributed by atoms with Gasteiger partial charge in [-0.25, -0.2) is 14.6 Å². The van der Waals surface area contributed by atoms with E-state index in [9.17, 15) is 9.59 Å². The largest absolute Gasteiger partial charge is 0.462 e. The minimum Gasteiger partial charge on any atom is -0.462 e. The van der Waals surface area contributed by atoms with Crippen LogP contribution in [0.25, 0.3) is 0 Å². The molecule has 0 unspecified atom stereocenters. The van der Waals surface area contributed by atoms with Crippen molar-refractivity contribution in [2.75, 3.05) is 13.2 Å². The van der Waals surface area contributed by atoms with Gasteiger partial charge < -0.3 is 20.1 Å². The van der Waals surface area contributed by atoms with Crippen LogP contribution in [0.1, 0.15) is 31.9 Å². The summed E-state index contributed by atoms with van der Waals surface area (Å²) >= 11 is 0. The minimum atomic E-state index is -0.734. The van der Waals surface area contributed by atoms with Crippen molar-refractivity contribution in [3.05, 3.63) is 70.8 Å². The predicted molar refractivity (Wildman–Crippen MR) is 117 cm³/mol. The fourth-order valence-electron chi connectivity index (χ4n) is 3.07. The van der Waals surface area contributed by atoms with E-state index in [0.717, 1.165) is 12.8 Å². The number of allylic oxidation sites excluding steroid dienone is 3. The minimum absolute atomic E-state index is 0.165. The van der Waals surface area contributed by atoms with Gasteiger partial charge in [0.25, 0.3) is 0 Å². The molecule has 0 bridgehead atoms. The summed E-state index contributed by atoms with van der Waals surface area (Å²) in [4.78, 5) is 28.0. The zero-order chi connectivity index (χ0) is 21.9. The van der Waals surface area contributed by atoms with Crippen LogP contribution in [-0.2, 0) is 31.9 Å². The molecule has 2 rings (SSSR count). The third-order valence-electron chi connectivity index (χ3n) is 4.50. The van der Waals surface area contributed by atoms with Crippen molar-refractivity contribution in [3.63, 3.8) is 0 Å². The van der Waals surface area contributed by atoms with Gasteiger partial charge in [0.2, 0.25) is 0 Å². The lowest BCUT2D eigenvalue weighted by Crippen LogP contribution is -2.28. The summed E-state index contributed by atoms with van der Waals surface area (Å²) in [6, 6.07) is 8.66. The average molecular weight is 412 g/mol. The predicted octanol–water partition coefficient (Wildman–Crippen LogP) is 2.79. The van der Waals surface area contributed by atoms with Crippen molar-refractivity contribution in [2.24, 2.45) is 4.99 Å². The first-order chi connectivity index (χ1) is 14.5. The highest BCUT2D eigenvalue weighted by Crippen LogP contribution is 2.22. The lowest BCUT2D eigenvalue weighted by molar-refractivity contribution is -0.146. The number of esters is 2. The third kappa shape index (κ3) is 6.62. The van der Waals surface area contributed by atoms with Crippen LogP contribution in [0.4, 0.5) is 0 Å². The molecule has 0 saturated carbocycles. The molecule has 7 nitrogen and oxygen atoms in total. The first kappa shape index (κ1) is 22.9. The Bertz CT molecular complexity index is 826. The van der Waals surface area contributed by atoms with Crippen LogP contribution in [0.2, 0.25) is 0 Å². The molecule has 0 atom stereocenters. The van der Waals surface area contributed by atoms with Crippen molar-refractivity contribution in [1.29, 1.82) is 0 Å². The number of carbonyl (C=O) groups excluding carboxylic acids is 2. The van der Waals surface area contributed by atoms with Gasteiger partial charge in [-0.2, -0.15) is 0 Å². The molecule has 0 aliphatic heterocycles. The van der Waals surface area contributed by atoms with Gasteiger partial charge in [-0.3, -0.25) is 0 Å². The summed E-state index contributed by atoms with van der Waals surface area (Å²) in [5, 5.41) is 6.31. The second-order valence-corrected chi connectivity index (χ2v) is 6.72. The molecule has 1 aromatic carbocycles. The number of nitrogens with one attached hydrogen (secondary N) is 2. The molecule has 0 aromatic heterocycles. The Kier molecular flexibility index (Phi) is 8.87. The molecule has 0 spiro atoms. The van der Waals surface area contributed by atoms with E-state index in [0.29, 0.717) is 11.5 Å². The topological polar surface area (TPSA) is 89.0 Å². The van der Waals surface area contributed by atoms with Gasteiger partial charge in [0.15, 0.2) is 5.57 Å². The Balaban J connectivity index is 2.02. The van der Waals surface area contributed by atoms with E-state index in [2.05, 4.69) is 46.6 Å². The molecule has 30 heavy (non-hydrogen) atoms. The maximum Gasteiger partial charge on any atom is 0.347 e. The van der Waals surface area contributed by atoms with Crippen LogP contribution in [0.15, 0.2) is 64.7 Å². The van der Waals surface area contributed by atoms with E-state index in [1.807, 2.05) is 0 Å². The number of ether oxygens (including phenoxy) is 2. The number of hydrogen-bond donors (Lipinski definition) is 2. The van der Waals surface area contributed by atoms with Crippen molar-refractivity contribution < 1.29 is 19.1 Å². The average Bonchev–Trinajstić information content (AvgIpc) is 3.14. The zero-order valence-corrected chi connectivity index (χ0v) is 17.7. The van der Waals surface area contributed by atoms with Gasteiger partial charge >= 0.3 is 11.9 Å². The Labute approximate surface area is 177 Å². The van der Waals surface area contributed by atoms with Gasteiger partial charge in [-0.05, 0) is 63.6 Å². The number of carbonyl (C=O) groups is 2. The fraction of sp³-hybridized carbons (Fsp3) is 0.348. The lowest BCUT2D eigenvalue weighted by Gasteiger charge is -2.13. The quantitative estimate of drug-likeness (QED) is 0.154. The number of rotatable bonds is 10. The van der Waals surface area contributed by atoms with Gasteiger partial charge in [0.1, 0.15) is 5.82 Å². The van der Waals surface area contributed by atoms with Gasteiger partial charge in [-0.1, -0.05) is 24.3 Å². The first-order valence-electron chi connectivity index (χ1n) is 9.98. The monoisotopic (exact) mass is 411 g/mol. The number of fused-ring (bicyclic) bond motifs is 1. The molecule has 2 N–H and O–H groups in total. The Morgan fingerprint density at radius 1 is 1.10 bits per heavy atom. The highest BCUT2D eigenvalue weighted by Gasteiger charge is 2.21.